The summed E-state index contributed by atoms with van der Waals surface area (Å²) < 4.78 is 36.5. The summed E-state index contributed by atoms with van der Waals surface area (Å²) in [4.78, 5) is 21.4. The van der Waals surface area contributed by atoms with E-state index in [0.29, 0.717) is 16.6 Å². The zero-order valence-corrected chi connectivity index (χ0v) is 16.4. The number of halogens is 3. The Morgan fingerprint density at radius 2 is 2.16 bits per heavy atom. The maximum absolute atomic E-state index is 12.9. The molecule has 0 aliphatic heterocycles. The van der Waals surface area contributed by atoms with Crippen molar-refractivity contribution < 1.29 is 17.9 Å². The fourth-order valence-electron chi connectivity index (χ4n) is 3.29. The minimum atomic E-state index is -3.11. The number of aromatic nitrogens is 6. The number of aromatic amines is 1. The number of nitrogens with zero attached hydrogens (tertiary/aromatic N) is 5. The van der Waals surface area contributed by atoms with Gasteiger partial charge in [-0.3, -0.25) is 5.10 Å². The monoisotopic (exact) mass is 444 g/mol. The molecule has 0 unspecified atom stereocenters. The molecule has 156 valence electrons. The summed E-state index contributed by atoms with van der Waals surface area (Å²) in [5.41, 5.74) is 0.910. The van der Waals surface area contributed by atoms with Crippen molar-refractivity contribution in [3.05, 3.63) is 57.7 Å². The number of hydrogen-bond donors (Lipinski definition) is 1. The lowest BCUT2D eigenvalue weighted by molar-refractivity contribution is -0.0530. The molecule has 0 fully saturated rings. The summed E-state index contributed by atoms with van der Waals surface area (Å²) in [5, 5.41) is 11.8. The van der Waals surface area contributed by atoms with Gasteiger partial charge < -0.3 is 9.15 Å². The molecule has 5 aromatic rings. The molecule has 0 saturated heterocycles. The molecule has 1 aromatic carbocycles. The van der Waals surface area contributed by atoms with Gasteiger partial charge in [-0.2, -0.15) is 13.9 Å². The highest BCUT2D eigenvalue weighted by molar-refractivity contribution is 6.32. The first-order valence-corrected chi connectivity index (χ1v) is 9.24. The third-order valence-corrected chi connectivity index (χ3v) is 4.86. The zero-order chi connectivity index (χ0) is 21.7. The molecule has 0 aliphatic carbocycles. The van der Waals surface area contributed by atoms with Crippen LogP contribution in [-0.4, -0.2) is 36.6 Å². The summed E-state index contributed by atoms with van der Waals surface area (Å²) in [6.07, 6.45) is 3.03. The Bertz CT molecular complexity index is 1510. The van der Waals surface area contributed by atoms with E-state index in [4.69, 9.17) is 16.0 Å². The molecule has 0 aliphatic rings. The highest BCUT2D eigenvalue weighted by atomic mass is 35.5. The Kier molecular flexibility index (Phi) is 4.40. The van der Waals surface area contributed by atoms with Gasteiger partial charge in [-0.15, -0.1) is 5.10 Å². The van der Waals surface area contributed by atoms with Gasteiger partial charge >= 0.3 is 12.2 Å². The van der Waals surface area contributed by atoms with Crippen LogP contribution in [0.4, 0.5) is 8.78 Å². The van der Waals surface area contributed by atoms with Crippen molar-refractivity contribution in [1.82, 2.24) is 29.9 Å². The predicted octanol–water partition coefficient (Wildman–Crippen LogP) is 3.88. The van der Waals surface area contributed by atoms with Crippen LogP contribution in [-0.2, 0) is 0 Å². The average molecular weight is 445 g/mol. The molecule has 0 atom stereocenters. The molecule has 4 heterocycles. The highest BCUT2D eigenvalue weighted by Crippen LogP contribution is 2.30. The molecule has 0 spiro atoms. The molecule has 12 heteroatoms. The van der Waals surface area contributed by atoms with Crippen LogP contribution in [0.1, 0.15) is 5.56 Å². The first-order valence-electron chi connectivity index (χ1n) is 8.86. The average Bonchev–Trinajstić information content (AvgIpc) is 3.34. The normalized spacial score (nSPS) is 11.6. The van der Waals surface area contributed by atoms with Gasteiger partial charge in [0, 0.05) is 17.6 Å². The molecule has 0 saturated carbocycles. The number of alkyl halides is 2. The van der Waals surface area contributed by atoms with E-state index in [9.17, 15) is 13.6 Å². The maximum Gasteiger partial charge on any atom is 0.388 e. The summed E-state index contributed by atoms with van der Waals surface area (Å²) in [5.74, 6) is -0.469. The number of nitrogens with one attached hydrogen (secondary N) is 1. The Balaban J connectivity index is 1.79. The van der Waals surface area contributed by atoms with Crippen molar-refractivity contribution in [3.8, 4) is 23.3 Å². The quantitative estimate of drug-likeness (QED) is 0.447. The van der Waals surface area contributed by atoms with Gasteiger partial charge in [-0.25, -0.2) is 19.4 Å². The molecule has 5 rings (SSSR count). The molecule has 0 amide bonds. The number of aryl methyl sites for hydroxylation is 1. The molecule has 1 N–H and O–H groups in total. The SMILES string of the molecule is Cc1cc2cn[nH]c2c2c(=O)oc(-c3cc(OC(F)F)nn3-c3ncccc3Cl)nc12. The lowest BCUT2D eigenvalue weighted by Crippen LogP contribution is -2.08. The number of fused-ring (bicyclic) bond motifs is 3. The molecular formula is C19H11ClF2N6O3. The van der Waals surface area contributed by atoms with E-state index in [-0.39, 0.29) is 27.8 Å². The number of ether oxygens (including phenoxy) is 1. The van der Waals surface area contributed by atoms with Gasteiger partial charge in [0.1, 0.15) is 11.1 Å². The second kappa shape index (κ2) is 7.13. The van der Waals surface area contributed by atoms with Crippen LogP contribution in [0.3, 0.4) is 0 Å². The largest absolute Gasteiger partial charge is 0.415 e. The van der Waals surface area contributed by atoms with Crippen LogP contribution in [0.25, 0.3) is 39.2 Å². The Hall–Kier alpha value is -3.86. The molecule has 0 bridgehead atoms. The highest BCUT2D eigenvalue weighted by Gasteiger charge is 2.22. The Morgan fingerprint density at radius 3 is 2.94 bits per heavy atom. The van der Waals surface area contributed by atoms with E-state index < -0.39 is 18.1 Å². The first-order chi connectivity index (χ1) is 14.9. The Morgan fingerprint density at radius 1 is 1.32 bits per heavy atom. The van der Waals surface area contributed by atoms with Gasteiger partial charge in [-0.1, -0.05) is 11.6 Å². The smallest absolute Gasteiger partial charge is 0.388 e. The van der Waals surface area contributed by atoms with E-state index in [1.54, 1.807) is 25.3 Å². The van der Waals surface area contributed by atoms with Crippen LogP contribution in [0, 0.1) is 6.92 Å². The summed E-state index contributed by atoms with van der Waals surface area (Å²) in [7, 11) is 0. The number of rotatable bonds is 4. The molecular weight excluding hydrogens is 434 g/mol. The van der Waals surface area contributed by atoms with Crippen molar-refractivity contribution >= 4 is 33.4 Å². The van der Waals surface area contributed by atoms with Crippen LogP contribution >= 0.6 is 11.6 Å². The second-order valence-electron chi connectivity index (χ2n) is 6.52. The minimum absolute atomic E-state index is 0.0550. The van der Waals surface area contributed by atoms with Gasteiger partial charge in [0.05, 0.1) is 22.3 Å². The van der Waals surface area contributed by atoms with Crippen molar-refractivity contribution in [3.63, 3.8) is 0 Å². The van der Waals surface area contributed by atoms with Crippen molar-refractivity contribution in [2.24, 2.45) is 0 Å². The zero-order valence-electron chi connectivity index (χ0n) is 15.6. The Labute approximate surface area is 176 Å². The van der Waals surface area contributed by atoms with Crippen molar-refractivity contribution in [2.45, 2.75) is 13.5 Å². The van der Waals surface area contributed by atoms with Gasteiger partial charge in [0.15, 0.2) is 5.82 Å². The molecule has 31 heavy (non-hydrogen) atoms. The second-order valence-corrected chi connectivity index (χ2v) is 6.93. The third kappa shape index (κ3) is 3.19. The van der Waals surface area contributed by atoms with Gasteiger partial charge in [0.2, 0.25) is 11.8 Å². The molecule has 0 radical (unpaired) electrons. The van der Waals surface area contributed by atoms with E-state index in [0.717, 1.165) is 10.1 Å². The molecule has 9 nitrogen and oxygen atoms in total. The number of pyridine rings is 1. The fraction of sp³-hybridized carbons (Fsp3) is 0.105. The topological polar surface area (TPSA) is 112 Å². The van der Waals surface area contributed by atoms with E-state index in [2.05, 4.69) is 30.0 Å². The van der Waals surface area contributed by atoms with Crippen molar-refractivity contribution in [2.75, 3.05) is 0 Å². The lowest BCUT2D eigenvalue weighted by Gasteiger charge is -2.08. The van der Waals surface area contributed by atoms with Crippen molar-refractivity contribution in [1.29, 1.82) is 0 Å². The van der Waals surface area contributed by atoms with Gasteiger partial charge in [0.25, 0.3) is 0 Å². The first kappa shape index (κ1) is 19.1. The fourth-order valence-corrected chi connectivity index (χ4v) is 3.49. The third-order valence-electron chi connectivity index (χ3n) is 4.56. The molecule has 4 aromatic heterocycles. The number of hydrogen-bond acceptors (Lipinski definition) is 7. The van der Waals surface area contributed by atoms with Crippen LogP contribution < -0.4 is 10.4 Å². The van der Waals surface area contributed by atoms with Crippen LogP contribution in [0.2, 0.25) is 5.02 Å². The predicted molar refractivity (Wildman–Crippen MR) is 107 cm³/mol. The maximum atomic E-state index is 12.9. The standard InChI is InChI=1S/C19H11ClF2N6O3/c1-8-5-9-7-24-26-15(9)13-14(8)25-17(31-18(13)29)11-6-12(30-19(21)22)27-28(11)16-10(20)3-2-4-23-16/h2-7,19H,1H3,(H,24,26). The van der Waals surface area contributed by atoms with E-state index in [1.807, 2.05) is 6.07 Å². The summed E-state index contributed by atoms with van der Waals surface area (Å²) in [6, 6.07) is 6.12. The van der Waals surface area contributed by atoms with Crippen LogP contribution in [0.15, 0.2) is 45.9 Å². The van der Waals surface area contributed by atoms with Gasteiger partial charge in [-0.05, 0) is 30.7 Å². The minimum Gasteiger partial charge on any atom is -0.415 e. The van der Waals surface area contributed by atoms with Crippen LogP contribution in [0.5, 0.6) is 5.88 Å². The number of benzene rings is 1. The lowest BCUT2D eigenvalue weighted by atomic mass is 10.1. The van der Waals surface area contributed by atoms with E-state index in [1.165, 1.54) is 12.3 Å². The number of H-pyrrole nitrogens is 1. The van der Waals surface area contributed by atoms with E-state index >= 15 is 0 Å². The summed E-state index contributed by atoms with van der Waals surface area (Å²) >= 11 is 6.20. The summed E-state index contributed by atoms with van der Waals surface area (Å²) in [6.45, 7) is -1.33.